The summed E-state index contributed by atoms with van der Waals surface area (Å²) in [5, 5.41) is 5.90. The van der Waals surface area contributed by atoms with Crippen molar-refractivity contribution < 1.29 is 4.74 Å². The van der Waals surface area contributed by atoms with Gasteiger partial charge in [0.05, 0.1) is 11.9 Å². The molecule has 2 heterocycles. The second-order valence-electron chi connectivity index (χ2n) is 6.71. The Kier molecular flexibility index (Phi) is 4.32. The molecule has 0 amide bonds. The number of fused-ring (bicyclic) bond motifs is 1. The molecular formula is C21H19ClN4O. The Hall–Kier alpha value is -2.92. The number of aryl methyl sites for hydroxylation is 3. The fraction of sp³-hybridized carbons (Fsp3) is 0.190. The maximum Gasteiger partial charge on any atom is 0.233 e. The van der Waals surface area contributed by atoms with Gasteiger partial charge in [-0.1, -0.05) is 23.7 Å². The molecule has 0 atom stereocenters. The minimum absolute atomic E-state index is 0.485. The molecule has 0 bridgehead atoms. The van der Waals surface area contributed by atoms with E-state index in [-0.39, 0.29) is 0 Å². The second kappa shape index (κ2) is 6.67. The van der Waals surface area contributed by atoms with E-state index in [1.54, 1.807) is 10.9 Å². The summed E-state index contributed by atoms with van der Waals surface area (Å²) in [6, 6.07) is 9.85. The van der Waals surface area contributed by atoms with E-state index in [0.29, 0.717) is 16.5 Å². The second-order valence-corrected chi connectivity index (χ2v) is 7.15. The molecule has 0 unspecified atom stereocenters. The molecule has 4 rings (SSSR count). The first kappa shape index (κ1) is 17.5. The molecule has 0 saturated heterocycles. The fourth-order valence-electron chi connectivity index (χ4n) is 3.10. The summed E-state index contributed by atoms with van der Waals surface area (Å²) in [6.07, 6.45) is 3.22. The minimum atomic E-state index is 0.485. The monoisotopic (exact) mass is 378 g/mol. The van der Waals surface area contributed by atoms with Crippen LogP contribution in [-0.4, -0.2) is 19.7 Å². The number of hydrogen-bond donors (Lipinski definition) is 0. The first-order valence-corrected chi connectivity index (χ1v) is 9.03. The zero-order valence-electron chi connectivity index (χ0n) is 15.6. The molecule has 6 heteroatoms. The number of hydrogen-bond acceptors (Lipinski definition) is 4. The number of aromatic nitrogens is 4. The number of ether oxygens (including phenoxy) is 1. The van der Waals surface area contributed by atoms with Crippen LogP contribution in [0.5, 0.6) is 11.6 Å². The van der Waals surface area contributed by atoms with Crippen LogP contribution in [0.25, 0.3) is 16.7 Å². The van der Waals surface area contributed by atoms with E-state index in [2.05, 4.69) is 35.0 Å². The van der Waals surface area contributed by atoms with E-state index >= 15 is 0 Å². The molecule has 4 aromatic rings. The Balaban J connectivity index is 1.83. The van der Waals surface area contributed by atoms with Crippen molar-refractivity contribution in [3.8, 4) is 17.3 Å². The molecule has 0 spiro atoms. The van der Waals surface area contributed by atoms with E-state index in [0.717, 1.165) is 33.5 Å². The molecular weight excluding hydrogens is 360 g/mol. The third kappa shape index (κ3) is 3.15. The third-order valence-corrected chi connectivity index (χ3v) is 4.93. The van der Waals surface area contributed by atoms with Gasteiger partial charge < -0.3 is 4.74 Å². The molecule has 0 radical (unpaired) electrons. The molecule has 0 aliphatic rings. The third-order valence-electron chi connectivity index (χ3n) is 4.70. The van der Waals surface area contributed by atoms with Crippen LogP contribution < -0.4 is 4.74 Å². The van der Waals surface area contributed by atoms with Crippen LogP contribution >= 0.6 is 11.6 Å². The highest BCUT2D eigenvalue weighted by molar-refractivity contribution is 6.30. The molecule has 0 fully saturated rings. The van der Waals surface area contributed by atoms with Gasteiger partial charge in [-0.3, -0.25) is 0 Å². The van der Waals surface area contributed by atoms with Crippen LogP contribution in [-0.2, 0) is 0 Å². The van der Waals surface area contributed by atoms with Gasteiger partial charge in [0, 0.05) is 5.02 Å². The zero-order valence-corrected chi connectivity index (χ0v) is 16.4. The fourth-order valence-corrected chi connectivity index (χ4v) is 3.27. The van der Waals surface area contributed by atoms with Gasteiger partial charge in [-0.25, -0.2) is 14.6 Å². The minimum Gasteiger partial charge on any atom is -0.438 e. The SMILES string of the molecule is Cc1cc(C)c(C)c(Oc2ncnc3c2cnn3-c2cc(Cl)ccc2C)c1. The lowest BCUT2D eigenvalue weighted by Crippen LogP contribution is -2.01. The number of rotatable bonds is 3. The molecule has 27 heavy (non-hydrogen) atoms. The normalized spacial score (nSPS) is 11.1. The van der Waals surface area contributed by atoms with Crippen molar-refractivity contribution in [2.45, 2.75) is 27.7 Å². The lowest BCUT2D eigenvalue weighted by atomic mass is 10.1. The van der Waals surface area contributed by atoms with Crippen LogP contribution in [0.1, 0.15) is 22.3 Å². The highest BCUT2D eigenvalue weighted by Crippen LogP contribution is 2.32. The van der Waals surface area contributed by atoms with Crippen LogP contribution in [0, 0.1) is 27.7 Å². The van der Waals surface area contributed by atoms with Crippen molar-refractivity contribution in [2.75, 3.05) is 0 Å². The van der Waals surface area contributed by atoms with Gasteiger partial charge >= 0.3 is 0 Å². The number of halogens is 1. The first-order chi connectivity index (χ1) is 12.9. The Bertz CT molecular complexity index is 1170. The summed E-state index contributed by atoms with van der Waals surface area (Å²) >= 11 is 6.17. The van der Waals surface area contributed by atoms with Crippen molar-refractivity contribution in [1.29, 1.82) is 0 Å². The summed E-state index contributed by atoms with van der Waals surface area (Å²) < 4.78 is 7.92. The quantitative estimate of drug-likeness (QED) is 0.472. The van der Waals surface area contributed by atoms with Gasteiger partial charge in [0.15, 0.2) is 5.65 Å². The van der Waals surface area contributed by atoms with Crippen molar-refractivity contribution in [2.24, 2.45) is 0 Å². The maximum atomic E-state index is 6.17. The maximum absolute atomic E-state index is 6.17. The van der Waals surface area contributed by atoms with Crippen molar-refractivity contribution in [3.05, 3.63) is 70.1 Å². The van der Waals surface area contributed by atoms with Gasteiger partial charge in [-0.15, -0.1) is 0 Å². The highest BCUT2D eigenvalue weighted by Gasteiger charge is 2.15. The van der Waals surface area contributed by atoms with E-state index in [1.807, 2.05) is 38.1 Å². The number of benzene rings is 2. The number of nitrogens with zero attached hydrogens (tertiary/aromatic N) is 4. The van der Waals surface area contributed by atoms with Crippen molar-refractivity contribution in [1.82, 2.24) is 19.7 Å². The van der Waals surface area contributed by atoms with E-state index < -0.39 is 0 Å². The molecule has 5 nitrogen and oxygen atoms in total. The van der Waals surface area contributed by atoms with Crippen molar-refractivity contribution >= 4 is 22.6 Å². The molecule has 0 aliphatic heterocycles. The Labute approximate surface area is 162 Å². The molecule has 136 valence electrons. The predicted molar refractivity (Wildman–Crippen MR) is 107 cm³/mol. The molecule has 2 aromatic heterocycles. The van der Waals surface area contributed by atoms with Gasteiger partial charge in [0.2, 0.25) is 5.88 Å². The van der Waals surface area contributed by atoms with E-state index in [9.17, 15) is 0 Å². The van der Waals surface area contributed by atoms with Crippen molar-refractivity contribution in [3.63, 3.8) is 0 Å². The first-order valence-electron chi connectivity index (χ1n) is 8.65. The Morgan fingerprint density at radius 1 is 0.963 bits per heavy atom. The molecule has 0 aliphatic carbocycles. The summed E-state index contributed by atoms with van der Waals surface area (Å²) in [7, 11) is 0. The van der Waals surface area contributed by atoms with Crippen LogP contribution in [0.15, 0.2) is 42.9 Å². The zero-order chi connectivity index (χ0) is 19.1. The largest absolute Gasteiger partial charge is 0.438 e. The van der Waals surface area contributed by atoms with Gasteiger partial charge in [-0.2, -0.15) is 5.10 Å². The lowest BCUT2D eigenvalue weighted by Gasteiger charge is -2.12. The summed E-state index contributed by atoms with van der Waals surface area (Å²) in [4.78, 5) is 8.75. The Morgan fingerprint density at radius 2 is 1.78 bits per heavy atom. The average molecular weight is 379 g/mol. The van der Waals surface area contributed by atoms with Gasteiger partial charge in [0.1, 0.15) is 17.5 Å². The Morgan fingerprint density at radius 3 is 2.59 bits per heavy atom. The molecule has 2 aromatic carbocycles. The lowest BCUT2D eigenvalue weighted by molar-refractivity contribution is 0.464. The molecule has 0 saturated carbocycles. The van der Waals surface area contributed by atoms with E-state index in [4.69, 9.17) is 16.3 Å². The van der Waals surface area contributed by atoms with Gasteiger partial charge in [-0.05, 0) is 68.1 Å². The average Bonchev–Trinajstić information content (AvgIpc) is 3.06. The van der Waals surface area contributed by atoms with Crippen LogP contribution in [0.2, 0.25) is 5.02 Å². The summed E-state index contributed by atoms with van der Waals surface area (Å²) in [5.41, 5.74) is 6.02. The predicted octanol–water partition coefficient (Wildman–Crippen LogP) is 5.49. The van der Waals surface area contributed by atoms with Gasteiger partial charge in [0.25, 0.3) is 0 Å². The van der Waals surface area contributed by atoms with E-state index in [1.165, 1.54) is 11.9 Å². The topological polar surface area (TPSA) is 52.8 Å². The molecule has 0 N–H and O–H groups in total. The highest BCUT2D eigenvalue weighted by atomic mass is 35.5. The summed E-state index contributed by atoms with van der Waals surface area (Å²) in [5.74, 6) is 1.28. The standard InChI is InChI=1S/C21H19ClN4O/c1-12-7-14(3)15(4)19(8-12)27-21-17-10-25-26(20(17)23-11-24-21)18-9-16(22)6-5-13(18)2/h5-11H,1-4H3. The summed E-state index contributed by atoms with van der Waals surface area (Å²) in [6.45, 7) is 8.18. The smallest absolute Gasteiger partial charge is 0.233 e. The van der Waals surface area contributed by atoms with Crippen LogP contribution in [0.4, 0.5) is 0 Å². The van der Waals surface area contributed by atoms with Crippen LogP contribution in [0.3, 0.4) is 0 Å².